The van der Waals surface area contributed by atoms with Crippen molar-refractivity contribution in [1.29, 1.82) is 0 Å². The van der Waals surface area contributed by atoms with E-state index in [0.717, 1.165) is 24.5 Å². The van der Waals surface area contributed by atoms with Gasteiger partial charge in [0, 0.05) is 43.4 Å². The van der Waals surface area contributed by atoms with Crippen molar-refractivity contribution in [3.63, 3.8) is 0 Å². The molecular formula is C24H26N4O. The number of hydrogen-bond donors (Lipinski definition) is 2. The highest BCUT2D eigenvalue weighted by molar-refractivity contribution is 6.04. The number of rotatable bonds is 6. The van der Waals surface area contributed by atoms with Crippen LogP contribution in [-0.2, 0) is 6.54 Å². The lowest BCUT2D eigenvalue weighted by Gasteiger charge is -2.17. The van der Waals surface area contributed by atoms with E-state index < -0.39 is 0 Å². The summed E-state index contributed by atoms with van der Waals surface area (Å²) >= 11 is 0. The fourth-order valence-corrected chi connectivity index (χ4v) is 3.60. The molecule has 2 N–H and O–H groups in total. The minimum absolute atomic E-state index is 0.161. The minimum atomic E-state index is -0.161. The number of hydrogen-bond acceptors (Lipinski definition) is 4. The van der Waals surface area contributed by atoms with Crippen LogP contribution in [0.4, 0.5) is 17.1 Å². The Hall–Kier alpha value is -3.34. The molecule has 148 valence electrons. The zero-order chi connectivity index (χ0) is 20.1. The molecule has 0 atom stereocenters. The van der Waals surface area contributed by atoms with Gasteiger partial charge in [-0.15, -0.1) is 0 Å². The van der Waals surface area contributed by atoms with Gasteiger partial charge in [0.25, 0.3) is 5.91 Å². The van der Waals surface area contributed by atoms with Gasteiger partial charge < -0.3 is 15.5 Å². The number of carbonyl (C=O) groups is 1. The van der Waals surface area contributed by atoms with E-state index in [2.05, 4.69) is 51.7 Å². The third-order valence-corrected chi connectivity index (χ3v) is 5.34. The molecule has 0 saturated carbocycles. The van der Waals surface area contributed by atoms with Crippen molar-refractivity contribution in [2.75, 3.05) is 28.6 Å². The van der Waals surface area contributed by atoms with Crippen molar-refractivity contribution in [2.45, 2.75) is 26.3 Å². The fraction of sp³-hybridized carbons (Fsp3) is 0.250. The van der Waals surface area contributed by atoms with Gasteiger partial charge in [0.05, 0.1) is 11.3 Å². The number of aryl methyl sites for hydroxylation is 1. The maximum absolute atomic E-state index is 12.6. The third-order valence-electron chi connectivity index (χ3n) is 5.34. The molecule has 1 aromatic heterocycles. The van der Waals surface area contributed by atoms with Gasteiger partial charge in [0.1, 0.15) is 0 Å². The van der Waals surface area contributed by atoms with Gasteiger partial charge in [-0.05, 0) is 61.2 Å². The summed E-state index contributed by atoms with van der Waals surface area (Å²) < 4.78 is 0. The standard InChI is InChI=1S/C24H26N4O/c1-18-6-2-3-7-19(18)16-26-22-14-20(15-25-17-22)24(29)27-21-8-10-23(11-9-21)28-12-4-5-13-28/h2-3,6-11,14-15,17,26H,4-5,12-13,16H2,1H3,(H,27,29). The molecule has 0 aliphatic carbocycles. The van der Waals surface area contributed by atoms with E-state index in [4.69, 9.17) is 0 Å². The lowest BCUT2D eigenvalue weighted by Crippen LogP contribution is -2.17. The highest BCUT2D eigenvalue weighted by Crippen LogP contribution is 2.22. The van der Waals surface area contributed by atoms with E-state index in [0.29, 0.717) is 12.1 Å². The second-order valence-electron chi connectivity index (χ2n) is 7.44. The molecule has 3 aromatic rings. The molecule has 2 heterocycles. The van der Waals surface area contributed by atoms with E-state index in [1.165, 1.54) is 29.7 Å². The number of benzene rings is 2. The minimum Gasteiger partial charge on any atom is -0.380 e. The van der Waals surface area contributed by atoms with Crippen LogP contribution >= 0.6 is 0 Å². The number of amides is 1. The summed E-state index contributed by atoms with van der Waals surface area (Å²) in [5.74, 6) is -0.161. The molecule has 1 aliphatic heterocycles. The van der Waals surface area contributed by atoms with E-state index in [1.54, 1.807) is 12.4 Å². The number of nitrogens with one attached hydrogen (secondary N) is 2. The van der Waals surface area contributed by atoms with E-state index in [9.17, 15) is 4.79 Å². The second kappa shape index (κ2) is 8.78. The average Bonchev–Trinajstić information content (AvgIpc) is 3.29. The molecule has 0 spiro atoms. The summed E-state index contributed by atoms with van der Waals surface area (Å²) in [7, 11) is 0. The number of anilines is 3. The number of carbonyl (C=O) groups excluding carboxylic acids is 1. The van der Waals surface area contributed by atoms with Crippen LogP contribution in [-0.4, -0.2) is 24.0 Å². The van der Waals surface area contributed by atoms with E-state index in [-0.39, 0.29) is 5.91 Å². The molecular weight excluding hydrogens is 360 g/mol. The first kappa shape index (κ1) is 19.0. The quantitative estimate of drug-likeness (QED) is 0.636. The maximum Gasteiger partial charge on any atom is 0.257 e. The van der Waals surface area contributed by atoms with Crippen molar-refractivity contribution in [2.24, 2.45) is 0 Å². The summed E-state index contributed by atoms with van der Waals surface area (Å²) in [6.07, 6.45) is 5.83. The average molecular weight is 386 g/mol. The Morgan fingerprint density at radius 3 is 2.52 bits per heavy atom. The van der Waals surface area contributed by atoms with Gasteiger partial charge in [-0.3, -0.25) is 9.78 Å². The number of aromatic nitrogens is 1. The molecule has 0 unspecified atom stereocenters. The van der Waals surface area contributed by atoms with Crippen LogP contribution in [0, 0.1) is 6.92 Å². The summed E-state index contributed by atoms with van der Waals surface area (Å²) in [5.41, 5.74) is 5.81. The predicted molar refractivity (Wildman–Crippen MR) is 119 cm³/mol. The molecule has 1 fully saturated rings. The molecule has 1 amide bonds. The molecule has 4 rings (SSSR count). The lowest BCUT2D eigenvalue weighted by molar-refractivity contribution is 0.102. The SMILES string of the molecule is Cc1ccccc1CNc1cncc(C(=O)Nc2ccc(N3CCCC3)cc2)c1. The van der Waals surface area contributed by atoms with Gasteiger partial charge in [-0.1, -0.05) is 24.3 Å². The first-order chi connectivity index (χ1) is 14.2. The zero-order valence-electron chi connectivity index (χ0n) is 16.7. The Morgan fingerprint density at radius 1 is 1.00 bits per heavy atom. The van der Waals surface area contributed by atoms with Crippen molar-refractivity contribution in [1.82, 2.24) is 4.98 Å². The first-order valence-electron chi connectivity index (χ1n) is 10.1. The van der Waals surface area contributed by atoms with E-state index in [1.807, 2.05) is 30.3 Å². The molecule has 5 heteroatoms. The number of pyridine rings is 1. The van der Waals surface area contributed by atoms with E-state index >= 15 is 0 Å². The van der Waals surface area contributed by atoms with Gasteiger partial charge in [-0.2, -0.15) is 0 Å². The first-order valence-corrected chi connectivity index (χ1v) is 10.1. The van der Waals surface area contributed by atoms with Crippen LogP contribution in [0.1, 0.15) is 34.3 Å². The van der Waals surface area contributed by atoms with Crippen LogP contribution in [0.2, 0.25) is 0 Å². The van der Waals surface area contributed by atoms with Gasteiger partial charge in [-0.25, -0.2) is 0 Å². The highest BCUT2D eigenvalue weighted by Gasteiger charge is 2.13. The highest BCUT2D eigenvalue weighted by atomic mass is 16.1. The van der Waals surface area contributed by atoms with Crippen LogP contribution in [0.15, 0.2) is 67.0 Å². The molecule has 1 saturated heterocycles. The van der Waals surface area contributed by atoms with Gasteiger partial charge in [0.15, 0.2) is 0 Å². The van der Waals surface area contributed by atoms with Crippen molar-refractivity contribution < 1.29 is 4.79 Å². The normalized spacial score (nSPS) is 13.3. The van der Waals surface area contributed by atoms with Crippen LogP contribution in [0.3, 0.4) is 0 Å². The molecule has 5 nitrogen and oxygen atoms in total. The third kappa shape index (κ3) is 4.74. The van der Waals surface area contributed by atoms with Gasteiger partial charge in [0.2, 0.25) is 0 Å². The summed E-state index contributed by atoms with van der Waals surface area (Å²) in [6, 6.07) is 18.1. The van der Waals surface area contributed by atoms with Gasteiger partial charge >= 0.3 is 0 Å². The summed E-state index contributed by atoms with van der Waals surface area (Å²) in [4.78, 5) is 19.2. The van der Waals surface area contributed by atoms with Crippen LogP contribution < -0.4 is 15.5 Å². The zero-order valence-corrected chi connectivity index (χ0v) is 16.7. The smallest absolute Gasteiger partial charge is 0.257 e. The molecule has 2 aromatic carbocycles. The number of nitrogens with zero attached hydrogens (tertiary/aromatic N) is 2. The Labute approximate surface area is 171 Å². The lowest BCUT2D eigenvalue weighted by atomic mass is 10.1. The molecule has 0 radical (unpaired) electrons. The molecule has 29 heavy (non-hydrogen) atoms. The summed E-state index contributed by atoms with van der Waals surface area (Å²) in [6.45, 7) is 5.00. The maximum atomic E-state index is 12.6. The Balaban J connectivity index is 1.38. The monoisotopic (exact) mass is 386 g/mol. The van der Waals surface area contributed by atoms with Crippen molar-refractivity contribution in [3.05, 3.63) is 83.7 Å². The Morgan fingerprint density at radius 2 is 1.76 bits per heavy atom. The Kier molecular flexibility index (Phi) is 5.75. The predicted octanol–water partition coefficient (Wildman–Crippen LogP) is 4.85. The fourth-order valence-electron chi connectivity index (χ4n) is 3.60. The van der Waals surface area contributed by atoms with Crippen molar-refractivity contribution >= 4 is 23.0 Å². The molecule has 1 aliphatic rings. The Bertz CT molecular complexity index is 978. The van der Waals surface area contributed by atoms with Crippen LogP contribution in [0.5, 0.6) is 0 Å². The largest absolute Gasteiger partial charge is 0.380 e. The van der Waals surface area contributed by atoms with Crippen molar-refractivity contribution in [3.8, 4) is 0 Å². The molecule has 0 bridgehead atoms. The topological polar surface area (TPSA) is 57.3 Å². The second-order valence-corrected chi connectivity index (χ2v) is 7.44. The van der Waals surface area contributed by atoms with Crippen LogP contribution in [0.25, 0.3) is 0 Å². The summed E-state index contributed by atoms with van der Waals surface area (Å²) in [5, 5.41) is 6.31.